The highest BCUT2D eigenvalue weighted by Crippen LogP contribution is 2.25. The monoisotopic (exact) mass is 300 g/mol. The Bertz CT molecular complexity index is 705. The summed E-state index contributed by atoms with van der Waals surface area (Å²) in [5.41, 5.74) is 4.46. The Morgan fingerprint density at radius 3 is 2.81 bits per heavy atom. The standard InChI is InChI=1S/C17H17ClN2O/c18-10-17(21)11-19-15-5-3-4-13(8-15)14-9-16-6-1-2-7-20(16)12-14/h1-9,12,17,19,21H,10-11H2. The maximum absolute atomic E-state index is 9.50. The SMILES string of the molecule is OC(CCl)CNc1cccc(-c2cc3ccccn3c2)c1. The second-order valence-corrected chi connectivity index (χ2v) is 5.34. The molecule has 4 heteroatoms. The van der Waals surface area contributed by atoms with Crippen LogP contribution in [0.4, 0.5) is 5.69 Å². The lowest BCUT2D eigenvalue weighted by molar-refractivity contribution is 0.211. The lowest BCUT2D eigenvalue weighted by Crippen LogP contribution is -2.20. The lowest BCUT2D eigenvalue weighted by atomic mass is 10.1. The zero-order chi connectivity index (χ0) is 14.7. The number of aliphatic hydroxyl groups excluding tert-OH is 1. The van der Waals surface area contributed by atoms with Crippen LogP contribution < -0.4 is 5.32 Å². The van der Waals surface area contributed by atoms with E-state index in [-0.39, 0.29) is 5.88 Å². The Hall–Kier alpha value is -1.97. The highest BCUT2D eigenvalue weighted by atomic mass is 35.5. The van der Waals surface area contributed by atoms with E-state index in [0.29, 0.717) is 6.54 Å². The first-order chi connectivity index (χ1) is 10.3. The van der Waals surface area contributed by atoms with Crippen molar-refractivity contribution in [2.75, 3.05) is 17.7 Å². The number of hydrogen-bond acceptors (Lipinski definition) is 2. The molecule has 0 fully saturated rings. The van der Waals surface area contributed by atoms with E-state index < -0.39 is 6.10 Å². The van der Waals surface area contributed by atoms with Crippen molar-refractivity contribution in [1.29, 1.82) is 0 Å². The summed E-state index contributed by atoms with van der Waals surface area (Å²) >= 11 is 5.60. The van der Waals surface area contributed by atoms with E-state index in [1.807, 2.05) is 30.5 Å². The molecule has 0 saturated heterocycles. The highest BCUT2D eigenvalue weighted by molar-refractivity contribution is 6.18. The lowest BCUT2D eigenvalue weighted by Gasteiger charge is -2.10. The fourth-order valence-electron chi connectivity index (χ4n) is 2.31. The Morgan fingerprint density at radius 1 is 1.10 bits per heavy atom. The number of aromatic nitrogens is 1. The molecule has 2 N–H and O–H groups in total. The molecule has 3 nitrogen and oxygen atoms in total. The van der Waals surface area contributed by atoms with Crippen molar-refractivity contribution in [2.24, 2.45) is 0 Å². The second kappa shape index (κ2) is 6.20. The molecule has 0 aliphatic carbocycles. The van der Waals surface area contributed by atoms with Gasteiger partial charge < -0.3 is 14.8 Å². The third kappa shape index (κ3) is 3.20. The van der Waals surface area contributed by atoms with Gasteiger partial charge in [-0.3, -0.25) is 0 Å². The van der Waals surface area contributed by atoms with Crippen LogP contribution in [0.1, 0.15) is 0 Å². The summed E-state index contributed by atoms with van der Waals surface area (Å²) in [5.74, 6) is 0.234. The number of nitrogens with one attached hydrogen (secondary N) is 1. The third-order valence-corrected chi connectivity index (χ3v) is 3.78. The van der Waals surface area contributed by atoms with Gasteiger partial charge in [0.2, 0.25) is 0 Å². The predicted molar refractivity (Wildman–Crippen MR) is 88.0 cm³/mol. The summed E-state index contributed by atoms with van der Waals surface area (Å²) in [6.07, 6.45) is 3.62. The minimum absolute atomic E-state index is 0.234. The van der Waals surface area contributed by atoms with Crippen LogP contribution in [0.15, 0.2) is 60.9 Å². The molecule has 1 aromatic carbocycles. The molecular formula is C17H17ClN2O. The van der Waals surface area contributed by atoms with E-state index in [0.717, 1.165) is 11.3 Å². The number of rotatable bonds is 5. The summed E-state index contributed by atoms with van der Waals surface area (Å²) in [7, 11) is 0. The molecule has 21 heavy (non-hydrogen) atoms. The minimum atomic E-state index is -0.535. The first-order valence-corrected chi connectivity index (χ1v) is 7.45. The van der Waals surface area contributed by atoms with E-state index in [1.54, 1.807) is 0 Å². The molecule has 2 heterocycles. The topological polar surface area (TPSA) is 36.7 Å². The van der Waals surface area contributed by atoms with Gasteiger partial charge in [0.25, 0.3) is 0 Å². The van der Waals surface area contributed by atoms with Crippen LogP contribution in [0, 0.1) is 0 Å². The van der Waals surface area contributed by atoms with Gasteiger partial charge in [-0.25, -0.2) is 0 Å². The van der Waals surface area contributed by atoms with Gasteiger partial charge in [-0.15, -0.1) is 11.6 Å². The minimum Gasteiger partial charge on any atom is -0.390 e. The molecule has 0 radical (unpaired) electrons. The maximum atomic E-state index is 9.50. The van der Waals surface area contributed by atoms with Crippen molar-refractivity contribution in [3.63, 3.8) is 0 Å². The number of hydrogen-bond donors (Lipinski definition) is 2. The smallest absolute Gasteiger partial charge is 0.0847 e. The molecule has 2 aromatic heterocycles. The Morgan fingerprint density at radius 2 is 2.00 bits per heavy atom. The van der Waals surface area contributed by atoms with Gasteiger partial charge in [0.15, 0.2) is 0 Å². The largest absolute Gasteiger partial charge is 0.390 e. The molecule has 1 atom stereocenters. The maximum Gasteiger partial charge on any atom is 0.0847 e. The Kier molecular flexibility index (Phi) is 4.13. The van der Waals surface area contributed by atoms with Gasteiger partial charge >= 0.3 is 0 Å². The molecule has 0 saturated carbocycles. The van der Waals surface area contributed by atoms with Gasteiger partial charge in [0, 0.05) is 35.7 Å². The first kappa shape index (κ1) is 14.0. The van der Waals surface area contributed by atoms with Crippen LogP contribution in [0.25, 0.3) is 16.6 Å². The fourth-order valence-corrected chi connectivity index (χ4v) is 2.42. The molecule has 3 aromatic rings. The van der Waals surface area contributed by atoms with Gasteiger partial charge in [-0.05, 0) is 35.9 Å². The van der Waals surface area contributed by atoms with Crippen molar-refractivity contribution < 1.29 is 5.11 Å². The van der Waals surface area contributed by atoms with Crippen molar-refractivity contribution in [1.82, 2.24) is 4.40 Å². The van der Waals surface area contributed by atoms with E-state index >= 15 is 0 Å². The van der Waals surface area contributed by atoms with Crippen molar-refractivity contribution in [3.05, 3.63) is 60.9 Å². The molecule has 108 valence electrons. The summed E-state index contributed by atoms with van der Waals surface area (Å²) in [6.45, 7) is 0.449. The summed E-state index contributed by atoms with van der Waals surface area (Å²) in [5, 5.41) is 12.7. The van der Waals surface area contributed by atoms with Crippen LogP contribution in [-0.4, -0.2) is 28.0 Å². The summed E-state index contributed by atoms with van der Waals surface area (Å²) in [4.78, 5) is 0. The summed E-state index contributed by atoms with van der Waals surface area (Å²) in [6, 6.07) is 16.4. The van der Waals surface area contributed by atoms with Crippen LogP contribution in [-0.2, 0) is 0 Å². The van der Waals surface area contributed by atoms with Gasteiger partial charge in [-0.2, -0.15) is 0 Å². The number of alkyl halides is 1. The second-order valence-electron chi connectivity index (χ2n) is 5.03. The summed E-state index contributed by atoms with van der Waals surface area (Å²) < 4.78 is 2.10. The molecule has 1 unspecified atom stereocenters. The van der Waals surface area contributed by atoms with E-state index in [2.05, 4.69) is 40.2 Å². The van der Waals surface area contributed by atoms with E-state index in [9.17, 15) is 5.11 Å². The first-order valence-electron chi connectivity index (χ1n) is 6.91. The predicted octanol–water partition coefficient (Wildman–Crippen LogP) is 3.62. The molecule has 0 amide bonds. The van der Waals surface area contributed by atoms with Gasteiger partial charge in [0.1, 0.15) is 0 Å². The quantitative estimate of drug-likeness (QED) is 0.706. The molecule has 3 rings (SSSR count). The van der Waals surface area contributed by atoms with Crippen LogP contribution >= 0.6 is 11.6 Å². The normalized spacial score (nSPS) is 12.5. The molecule has 0 aliphatic heterocycles. The molecular weight excluding hydrogens is 284 g/mol. The number of anilines is 1. The average Bonchev–Trinajstić information content (AvgIpc) is 2.97. The van der Waals surface area contributed by atoms with Gasteiger partial charge in [-0.1, -0.05) is 18.2 Å². The van der Waals surface area contributed by atoms with Crippen molar-refractivity contribution in [2.45, 2.75) is 6.10 Å². The number of pyridine rings is 1. The van der Waals surface area contributed by atoms with Crippen LogP contribution in [0.3, 0.4) is 0 Å². The number of halogens is 1. The Balaban J connectivity index is 1.85. The average molecular weight is 301 g/mol. The fraction of sp³-hybridized carbons (Fsp3) is 0.176. The number of nitrogens with zero attached hydrogens (tertiary/aromatic N) is 1. The Labute approximate surface area is 128 Å². The van der Waals surface area contributed by atoms with Crippen molar-refractivity contribution >= 4 is 22.8 Å². The molecule has 0 aliphatic rings. The number of aliphatic hydroxyl groups is 1. The number of fused-ring (bicyclic) bond motifs is 1. The van der Waals surface area contributed by atoms with Crippen molar-refractivity contribution in [3.8, 4) is 11.1 Å². The van der Waals surface area contributed by atoms with Crippen LogP contribution in [0.5, 0.6) is 0 Å². The van der Waals surface area contributed by atoms with E-state index in [4.69, 9.17) is 11.6 Å². The zero-order valence-corrected chi connectivity index (χ0v) is 12.3. The zero-order valence-electron chi connectivity index (χ0n) is 11.5. The number of benzene rings is 1. The highest BCUT2D eigenvalue weighted by Gasteiger charge is 2.05. The van der Waals surface area contributed by atoms with Crippen LogP contribution in [0.2, 0.25) is 0 Å². The third-order valence-electron chi connectivity index (χ3n) is 3.42. The van der Waals surface area contributed by atoms with Gasteiger partial charge in [0.05, 0.1) is 12.0 Å². The van der Waals surface area contributed by atoms with E-state index in [1.165, 1.54) is 11.1 Å². The molecule has 0 spiro atoms. The molecule has 0 bridgehead atoms.